The van der Waals surface area contributed by atoms with Gasteiger partial charge in [0.25, 0.3) is 0 Å². The smallest absolute Gasteiger partial charge is 0.358 e. The zero-order valence-corrected chi connectivity index (χ0v) is 15.2. The summed E-state index contributed by atoms with van der Waals surface area (Å²) in [5, 5.41) is 7.79. The molecule has 6 nitrogen and oxygen atoms in total. The van der Waals surface area contributed by atoms with Crippen molar-refractivity contribution in [3.05, 3.63) is 35.0 Å². The first kappa shape index (κ1) is 17.1. The molecule has 0 bridgehead atoms. The third kappa shape index (κ3) is 3.66. The SMILES string of the molecule is CCOC(=O)c1c(NC(=S)Nc2ccc(Cl)cc2)nc2n1CCS2. The number of carbonyl (C=O) groups excluding carboxylic acids is 1. The fourth-order valence-electron chi connectivity index (χ4n) is 2.27. The van der Waals surface area contributed by atoms with Crippen molar-refractivity contribution in [1.82, 2.24) is 9.55 Å². The summed E-state index contributed by atoms with van der Waals surface area (Å²) < 4.78 is 6.99. The van der Waals surface area contributed by atoms with Gasteiger partial charge in [0, 0.05) is 23.0 Å². The Morgan fingerprint density at radius 1 is 1.42 bits per heavy atom. The predicted molar refractivity (Wildman–Crippen MR) is 100 cm³/mol. The third-order valence-electron chi connectivity index (χ3n) is 3.28. The highest BCUT2D eigenvalue weighted by atomic mass is 35.5. The van der Waals surface area contributed by atoms with Gasteiger partial charge in [0.2, 0.25) is 0 Å². The van der Waals surface area contributed by atoms with Crippen LogP contribution in [0.2, 0.25) is 5.02 Å². The summed E-state index contributed by atoms with van der Waals surface area (Å²) in [6, 6.07) is 7.15. The van der Waals surface area contributed by atoms with Crippen LogP contribution in [0, 0.1) is 0 Å². The Morgan fingerprint density at radius 2 is 2.17 bits per heavy atom. The van der Waals surface area contributed by atoms with Gasteiger partial charge in [-0.25, -0.2) is 9.78 Å². The summed E-state index contributed by atoms with van der Waals surface area (Å²) >= 11 is 12.8. The molecule has 0 unspecified atom stereocenters. The van der Waals surface area contributed by atoms with Crippen LogP contribution in [0.1, 0.15) is 17.4 Å². The summed E-state index contributed by atoms with van der Waals surface area (Å²) in [7, 11) is 0. The van der Waals surface area contributed by atoms with Gasteiger partial charge in [-0.05, 0) is 43.4 Å². The average Bonchev–Trinajstić information content (AvgIpc) is 3.10. The van der Waals surface area contributed by atoms with Gasteiger partial charge in [-0.15, -0.1) is 0 Å². The Morgan fingerprint density at radius 3 is 2.88 bits per heavy atom. The number of nitrogens with one attached hydrogen (secondary N) is 2. The largest absolute Gasteiger partial charge is 0.461 e. The van der Waals surface area contributed by atoms with E-state index in [-0.39, 0.29) is 0 Å². The Bertz CT molecular complexity index is 777. The van der Waals surface area contributed by atoms with Crippen molar-refractivity contribution in [3.8, 4) is 0 Å². The Labute approximate surface area is 153 Å². The van der Waals surface area contributed by atoms with Gasteiger partial charge < -0.3 is 19.9 Å². The number of halogens is 1. The topological polar surface area (TPSA) is 68.2 Å². The number of thioether (sulfide) groups is 1. The fourth-order valence-corrected chi connectivity index (χ4v) is 3.57. The lowest BCUT2D eigenvalue weighted by molar-refractivity contribution is 0.0514. The van der Waals surface area contributed by atoms with Crippen LogP contribution in [0.5, 0.6) is 0 Å². The van der Waals surface area contributed by atoms with E-state index in [0.717, 1.165) is 23.1 Å². The van der Waals surface area contributed by atoms with E-state index in [1.807, 2.05) is 16.7 Å². The number of hydrogen-bond acceptors (Lipinski definition) is 5. The molecule has 0 saturated carbocycles. The molecule has 0 spiro atoms. The van der Waals surface area contributed by atoms with Crippen LogP contribution >= 0.6 is 35.6 Å². The molecule has 0 radical (unpaired) electrons. The minimum Gasteiger partial charge on any atom is -0.461 e. The van der Waals surface area contributed by atoms with E-state index < -0.39 is 5.97 Å². The normalized spacial score (nSPS) is 12.6. The van der Waals surface area contributed by atoms with Crippen molar-refractivity contribution in [2.45, 2.75) is 18.6 Å². The molecule has 9 heteroatoms. The van der Waals surface area contributed by atoms with E-state index in [0.29, 0.717) is 28.3 Å². The molecule has 2 aromatic rings. The molecular formula is C15H15ClN4O2S2. The molecule has 0 atom stereocenters. The molecule has 24 heavy (non-hydrogen) atoms. The number of esters is 1. The molecule has 126 valence electrons. The summed E-state index contributed by atoms with van der Waals surface area (Å²) in [6.45, 7) is 2.80. The number of nitrogens with zero attached hydrogens (tertiary/aromatic N) is 2. The van der Waals surface area contributed by atoms with Gasteiger partial charge in [-0.3, -0.25) is 0 Å². The van der Waals surface area contributed by atoms with Crippen LogP contribution in [0.4, 0.5) is 11.5 Å². The molecule has 0 aliphatic carbocycles. The molecule has 1 aromatic heterocycles. The second-order valence-corrected chi connectivity index (χ2v) is 6.80. The molecule has 2 N–H and O–H groups in total. The van der Waals surface area contributed by atoms with Crippen LogP contribution in [-0.2, 0) is 11.3 Å². The van der Waals surface area contributed by atoms with Crippen LogP contribution < -0.4 is 10.6 Å². The lowest BCUT2D eigenvalue weighted by Gasteiger charge is -2.11. The number of imidazole rings is 1. The lowest BCUT2D eigenvalue weighted by Crippen LogP contribution is -2.22. The van der Waals surface area contributed by atoms with Crippen LogP contribution in [0.15, 0.2) is 29.4 Å². The highest BCUT2D eigenvalue weighted by Crippen LogP contribution is 2.31. The zero-order valence-electron chi connectivity index (χ0n) is 12.8. The van der Waals surface area contributed by atoms with E-state index in [9.17, 15) is 4.79 Å². The first-order valence-electron chi connectivity index (χ1n) is 7.32. The number of aromatic nitrogens is 2. The number of benzene rings is 1. The molecule has 3 rings (SSSR count). The summed E-state index contributed by atoms with van der Waals surface area (Å²) in [5.41, 5.74) is 1.19. The van der Waals surface area contributed by atoms with Gasteiger partial charge in [0.15, 0.2) is 21.8 Å². The minimum absolute atomic E-state index is 0.305. The molecule has 2 heterocycles. The second-order valence-electron chi connectivity index (χ2n) is 4.90. The number of anilines is 2. The van der Waals surface area contributed by atoms with E-state index in [4.69, 9.17) is 28.6 Å². The van der Waals surface area contributed by atoms with Crippen LogP contribution in [0.3, 0.4) is 0 Å². The standard InChI is InChI=1S/C15H15ClN4O2S2/c1-2-22-13(21)11-12(19-15-20(11)7-8-24-15)18-14(23)17-10-5-3-9(16)4-6-10/h3-6H,2,7-8H2,1H3,(H2,17,18,23). The Kier molecular flexibility index (Phi) is 5.27. The first-order valence-corrected chi connectivity index (χ1v) is 9.09. The fraction of sp³-hybridized carbons (Fsp3) is 0.267. The van der Waals surface area contributed by atoms with Crippen molar-refractivity contribution in [1.29, 1.82) is 0 Å². The lowest BCUT2D eigenvalue weighted by atomic mass is 10.3. The van der Waals surface area contributed by atoms with Gasteiger partial charge in [-0.2, -0.15) is 0 Å². The van der Waals surface area contributed by atoms with Gasteiger partial charge >= 0.3 is 5.97 Å². The maximum atomic E-state index is 12.3. The summed E-state index contributed by atoms with van der Waals surface area (Å²) in [5.74, 6) is 0.889. The average molecular weight is 383 g/mol. The van der Waals surface area contributed by atoms with Gasteiger partial charge in [0.1, 0.15) is 0 Å². The zero-order chi connectivity index (χ0) is 17.1. The molecular weight excluding hydrogens is 368 g/mol. The summed E-state index contributed by atoms with van der Waals surface area (Å²) in [6.07, 6.45) is 0. The highest BCUT2D eigenvalue weighted by Gasteiger charge is 2.27. The van der Waals surface area contributed by atoms with E-state index in [1.54, 1.807) is 30.8 Å². The van der Waals surface area contributed by atoms with E-state index in [2.05, 4.69) is 15.6 Å². The van der Waals surface area contributed by atoms with Crippen molar-refractivity contribution in [2.75, 3.05) is 23.0 Å². The van der Waals surface area contributed by atoms with Crippen LogP contribution in [0.25, 0.3) is 0 Å². The number of fused-ring (bicyclic) bond motifs is 1. The van der Waals surface area contributed by atoms with Crippen molar-refractivity contribution < 1.29 is 9.53 Å². The minimum atomic E-state index is -0.407. The number of carbonyl (C=O) groups is 1. The third-order valence-corrected chi connectivity index (χ3v) is 4.69. The predicted octanol–water partition coefficient (Wildman–Crippen LogP) is 3.63. The number of hydrogen-bond donors (Lipinski definition) is 2. The number of rotatable bonds is 4. The molecule has 1 aliphatic heterocycles. The quantitative estimate of drug-likeness (QED) is 0.618. The van der Waals surface area contributed by atoms with Crippen molar-refractivity contribution >= 4 is 58.2 Å². The second kappa shape index (κ2) is 7.42. The number of ether oxygens (including phenoxy) is 1. The first-order chi connectivity index (χ1) is 11.6. The maximum absolute atomic E-state index is 12.3. The summed E-state index contributed by atoms with van der Waals surface area (Å²) in [4.78, 5) is 16.7. The Balaban J connectivity index is 1.78. The van der Waals surface area contributed by atoms with Crippen molar-refractivity contribution in [2.24, 2.45) is 0 Å². The monoisotopic (exact) mass is 382 g/mol. The van der Waals surface area contributed by atoms with Crippen LogP contribution in [-0.4, -0.2) is 33.0 Å². The van der Waals surface area contributed by atoms with Crippen molar-refractivity contribution in [3.63, 3.8) is 0 Å². The van der Waals surface area contributed by atoms with Gasteiger partial charge in [0.05, 0.1) is 6.61 Å². The highest BCUT2D eigenvalue weighted by molar-refractivity contribution is 7.99. The molecule has 0 amide bonds. The molecule has 0 saturated heterocycles. The van der Waals surface area contributed by atoms with E-state index in [1.165, 1.54) is 0 Å². The molecule has 0 fully saturated rings. The maximum Gasteiger partial charge on any atom is 0.358 e. The van der Waals surface area contributed by atoms with Gasteiger partial charge in [-0.1, -0.05) is 23.4 Å². The Hall–Kier alpha value is -1.77. The molecule has 1 aromatic carbocycles. The van der Waals surface area contributed by atoms with E-state index >= 15 is 0 Å². The molecule has 1 aliphatic rings. The number of thiocarbonyl (C=S) groups is 1.